The van der Waals surface area contributed by atoms with Gasteiger partial charge in [-0.25, -0.2) is 4.98 Å². The number of nitrogens with zero attached hydrogens (tertiary/aromatic N) is 1. The van der Waals surface area contributed by atoms with E-state index in [0.29, 0.717) is 11.9 Å². The lowest BCUT2D eigenvalue weighted by Gasteiger charge is -2.15. The number of pyridine rings is 1. The van der Waals surface area contributed by atoms with Gasteiger partial charge in [0.25, 0.3) is 5.91 Å². The first-order valence-corrected chi connectivity index (χ1v) is 7.54. The molecule has 6 nitrogen and oxygen atoms in total. The highest BCUT2D eigenvalue weighted by atomic mass is 35.5. The van der Waals surface area contributed by atoms with Crippen LogP contribution in [-0.4, -0.2) is 30.7 Å². The summed E-state index contributed by atoms with van der Waals surface area (Å²) in [4.78, 5) is 14.8. The molecule has 1 amide bonds. The molecule has 0 radical (unpaired) electrons. The van der Waals surface area contributed by atoms with Crippen LogP contribution in [0.25, 0.3) is 0 Å². The van der Waals surface area contributed by atoms with Gasteiger partial charge < -0.3 is 19.9 Å². The topological polar surface area (TPSA) is 83.7 Å². The minimum Gasteiger partial charge on any atom is -0.478 e. The number of carbonyl (C=O) groups excluding carboxylic acids is 1. The number of rotatable bonds is 7. The maximum absolute atomic E-state index is 12.6. The zero-order chi connectivity index (χ0) is 19.3. The Bertz CT molecular complexity index is 769. The van der Waals surface area contributed by atoms with Crippen LogP contribution in [0.2, 0.25) is 5.02 Å². The van der Waals surface area contributed by atoms with Gasteiger partial charge in [-0.1, -0.05) is 11.6 Å². The Hall–Kier alpha value is -2.52. The Kier molecular flexibility index (Phi) is 6.27. The summed E-state index contributed by atoms with van der Waals surface area (Å²) in [7, 11) is 1.40. The number of halogens is 4. The monoisotopic (exact) mass is 390 g/mol. The lowest BCUT2D eigenvalue weighted by atomic mass is 10.3. The van der Waals surface area contributed by atoms with Crippen molar-refractivity contribution in [3.63, 3.8) is 0 Å². The smallest absolute Gasteiger partial charge is 0.417 e. The predicted octanol–water partition coefficient (Wildman–Crippen LogP) is 3.43. The molecule has 2 aromatic rings. The van der Waals surface area contributed by atoms with Crippen LogP contribution in [0.5, 0.6) is 17.4 Å². The number of carbonyl (C=O) groups is 1. The second kappa shape index (κ2) is 8.24. The Balaban J connectivity index is 2.08. The molecule has 0 aliphatic rings. The maximum atomic E-state index is 12.6. The molecule has 0 saturated heterocycles. The van der Waals surface area contributed by atoms with Gasteiger partial charge in [0.1, 0.15) is 16.5 Å². The molecule has 1 unspecified atom stereocenters. The van der Waals surface area contributed by atoms with E-state index in [1.54, 1.807) is 0 Å². The van der Waals surface area contributed by atoms with Gasteiger partial charge in [0.05, 0.1) is 12.2 Å². The van der Waals surface area contributed by atoms with E-state index in [9.17, 15) is 18.0 Å². The number of hydrogen-bond donors (Lipinski definition) is 1. The third-order valence-corrected chi connectivity index (χ3v) is 3.36. The van der Waals surface area contributed by atoms with Crippen molar-refractivity contribution in [2.45, 2.75) is 12.3 Å². The number of aromatic nitrogens is 1. The summed E-state index contributed by atoms with van der Waals surface area (Å²) in [6.45, 7) is -0.0152. The molecule has 0 spiro atoms. The molecule has 1 aromatic carbocycles. The molecule has 0 aliphatic carbocycles. The summed E-state index contributed by atoms with van der Waals surface area (Å²) in [6, 6.07) is 6.63. The average molecular weight is 391 g/mol. The van der Waals surface area contributed by atoms with Gasteiger partial charge in [0, 0.05) is 13.3 Å². The SMILES string of the molecule is COCC(Oc1ccc(Oc2ncc(C(F)(F)F)cc2Cl)cc1)C(N)=O. The lowest BCUT2D eigenvalue weighted by Crippen LogP contribution is -2.37. The Morgan fingerprint density at radius 1 is 1.27 bits per heavy atom. The van der Waals surface area contributed by atoms with E-state index in [1.165, 1.54) is 31.4 Å². The van der Waals surface area contributed by atoms with Gasteiger partial charge in [0.2, 0.25) is 5.88 Å². The summed E-state index contributed by atoms with van der Waals surface area (Å²) in [5.41, 5.74) is 4.21. The molecule has 0 aliphatic heterocycles. The quantitative estimate of drug-likeness (QED) is 0.783. The molecule has 2 rings (SSSR count). The van der Waals surface area contributed by atoms with E-state index < -0.39 is 23.8 Å². The summed E-state index contributed by atoms with van der Waals surface area (Å²) >= 11 is 5.78. The molecule has 0 saturated carbocycles. The first kappa shape index (κ1) is 19.8. The van der Waals surface area contributed by atoms with Crippen LogP contribution in [0.4, 0.5) is 13.2 Å². The number of primary amides is 1. The van der Waals surface area contributed by atoms with Crippen molar-refractivity contribution in [1.29, 1.82) is 0 Å². The first-order valence-electron chi connectivity index (χ1n) is 7.16. The van der Waals surface area contributed by atoms with E-state index in [1.807, 2.05) is 0 Å². The Labute approximate surface area is 151 Å². The predicted molar refractivity (Wildman–Crippen MR) is 86.3 cm³/mol. The van der Waals surface area contributed by atoms with Crippen LogP contribution >= 0.6 is 11.6 Å². The van der Waals surface area contributed by atoms with Crippen molar-refractivity contribution >= 4 is 17.5 Å². The maximum Gasteiger partial charge on any atom is 0.417 e. The van der Waals surface area contributed by atoms with E-state index in [-0.39, 0.29) is 23.3 Å². The molecule has 1 heterocycles. The first-order chi connectivity index (χ1) is 12.2. The molecule has 0 fully saturated rings. The summed E-state index contributed by atoms with van der Waals surface area (Å²) in [6.07, 6.45) is -4.88. The fraction of sp³-hybridized carbons (Fsp3) is 0.250. The second-order valence-corrected chi connectivity index (χ2v) is 5.45. The molecule has 1 atom stereocenters. The third kappa shape index (κ3) is 5.24. The number of ether oxygens (including phenoxy) is 3. The van der Waals surface area contributed by atoms with Crippen molar-refractivity contribution in [3.05, 3.63) is 47.1 Å². The van der Waals surface area contributed by atoms with Gasteiger partial charge in [0.15, 0.2) is 6.10 Å². The molecule has 1 aromatic heterocycles. The van der Waals surface area contributed by atoms with Crippen LogP contribution in [0.1, 0.15) is 5.56 Å². The molecule has 0 bridgehead atoms. The normalized spacial score (nSPS) is 12.5. The van der Waals surface area contributed by atoms with Crippen LogP contribution in [0.3, 0.4) is 0 Å². The third-order valence-electron chi connectivity index (χ3n) is 3.09. The van der Waals surface area contributed by atoms with Crippen LogP contribution in [-0.2, 0) is 15.7 Å². The highest BCUT2D eigenvalue weighted by Crippen LogP contribution is 2.34. The minimum atomic E-state index is -4.55. The number of alkyl halides is 3. The van der Waals surface area contributed by atoms with Gasteiger partial charge >= 0.3 is 6.18 Å². The zero-order valence-electron chi connectivity index (χ0n) is 13.4. The van der Waals surface area contributed by atoms with Gasteiger partial charge in [-0.15, -0.1) is 0 Å². The standard InChI is InChI=1S/C16H14ClF3N2O4/c1-24-8-13(14(21)23)25-10-2-4-11(5-3-10)26-15-12(17)6-9(7-22-15)16(18,19)20/h2-7,13H,8H2,1H3,(H2,21,23). The average Bonchev–Trinajstić information content (AvgIpc) is 2.57. The zero-order valence-corrected chi connectivity index (χ0v) is 14.2. The molecule has 26 heavy (non-hydrogen) atoms. The van der Waals surface area contributed by atoms with Crippen LogP contribution < -0.4 is 15.2 Å². The fourth-order valence-corrected chi connectivity index (χ4v) is 2.05. The largest absolute Gasteiger partial charge is 0.478 e. The van der Waals surface area contributed by atoms with Crippen molar-refractivity contribution < 1.29 is 32.2 Å². The van der Waals surface area contributed by atoms with Crippen LogP contribution in [0.15, 0.2) is 36.5 Å². The minimum absolute atomic E-state index is 0.0152. The highest BCUT2D eigenvalue weighted by Gasteiger charge is 2.31. The lowest BCUT2D eigenvalue weighted by molar-refractivity contribution is -0.137. The van der Waals surface area contributed by atoms with E-state index in [4.69, 9.17) is 31.5 Å². The fourth-order valence-electron chi connectivity index (χ4n) is 1.84. The van der Waals surface area contributed by atoms with Gasteiger partial charge in [-0.05, 0) is 30.3 Å². The summed E-state index contributed by atoms with van der Waals surface area (Å²) in [5.74, 6) is -0.283. The second-order valence-electron chi connectivity index (χ2n) is 5.05. The van der Waals surface area contributed by atoms with E-state index in [0.717, 1.165) is 6.07 Å². The molecule has 2 N–H and O–H groups in total. The van der Waals surface area contributed by atoms with E-state index in [2.05, 4.69) is 4.98 Å². The number of benzene rings is 1. The number of amides is 1. The van der Waals surface area contributed by atoms with Crippen molar-refractivity contribution in [2.24, 2.45) is 5.73 Å². The van der Waals surface area contributed by atoms with Gasteiger partial charge in [-0.3, -0.25) is 4.79 Å². The number of hydrogen-bond acceptors (Lipinski definition) is 5. The summed E-state index contributed by atoms with van der Waals surface area (Å²) in [5, 5.41) is -0.283. The Morgan fingerprint density at radius 3 is 2.38 bits per heavy atom. The van der Waals surface area contributed by atoms with Crippen LogP contribution in [0, 0.1) is 0 Å². The van der Waals surface area contributed by atoms with E-state index >= 15 is 0 Å². The highest BCUT2D eigenvalue weighted by molar-refractivity contribution is 6.31. The molecular weight excluding hydrogens is 377 g/mol. The van der Waals surface area contributed by atoms with Crippen molar-refractivity contribution in [1.82, 2.24) is 4.98 Å². The Morgan fingerprint density at radius 2 is 1.88 bits per heavy atom. The van der Waals surface area contributed by atoms with Gasteiger partial charge in [-0.2, -0.15) is 13.2 Å². The molecule has 140 valence electrons. The summed E-state index contributed by atoms with van der Waals surface area (Å²) < 4.78 is 53.3. The number of nitrogens with two attached hydrogens (primary N) is 1. The van der Waals surface area contributed by atoms with Crippen molar-refractivity contribution in [2.75, 3.05) is 13.7 Å². The molecular formula is C16H14ClF3N2O4. The molecule has 10 heteroatoms. The van der Waals surface area contributed by atoms with Crippen molar-refractivity contribution in [3.8, 4) is 17.4 Å². The number of methoxy groups -OCH3 is 1.